The molecule has 0 spiro atoms. The summed E-state index contributed by atoms with van der Waals surface area (Å²) < 4.78 is 13.2. The maximum Gasteiger partial charge on any atom is 0.274 e. The molecular formula is C21H18FN3O2. The third-order valence-corrected chi connectivity index (χ3v) is 3.91. The molecule has 0 atom stereocenters. The standard InChI is InChI=1S/C21H18FN3O2/c1-14-5-7-15(8-6-14)13-24-20(26)16-9-10-23-19(11-16)21(27)25-18-4-2-3-17(22)12-18/h2-12H,13H2,1H3,(H,24,26)(H,25,27). The van der Waals surface area contributed by atoms with E-state index in [9.17, 15) is 14.0 Å². The van der Waals surface area contributed by atoms with Gasteiger partial charge in [0.2, 0.25) is 0 Å². The average Bonchev–Trinajstić information content (AvgIpc) is 2.67. The molecule has 0 radical (unpaired) electrons. The molecule has 5 nitrogen and oxygen atoms in total. The predicted octanol–water partition coefficient (Wildman–Crippen LogP) is 3.71. The zero-order chi connectivity index (χ0) is 19.2. The highest BCUT2D eigenvalue weighted by molar-refractivity contribution is 6.04. The van der Waals surface area contributed by atoms with Gasteiger partial charge in [0, 0.05) is 24.0 Å². The first kappa shape index (κ1) is 18.3. The zero-order valence-electron chi connectivity index (χ0n) is 14.7. The number of halogens is 1. The molecule has 1 heterocycles. The van der Waals surface area contributed by atoms with E-state index < -0.39 is 11.7 Å². The molecule has 2 aromatic carbocycles. The molecule has 6 heteroatoms. The Morgan fingerprint density at radius 3 is 2.52 bits per heavy atom. The minimum Gasteiger partial charge on any atom is -0.348 e. The van der Waals surface area contributed by atoms with Crippen LogP contribution in [-0.2, 0) is 6.54 Å². The Hall–Kier alpha value is -3.54. The highest BCUT2D eigenvalue weighted by atomic mass is 19.1. The average molecular weight is 363 g/mol. The third kappa shape index (κ3) is 4.98. The van der Waals surface area contributed by atoms with Crippen LogP contribution >= 0.6 is 0 Å². The number of aryl methyl sites for hydroxylation is 1. The van der Waals surface area contributed by atoms with Gasteiger partial charge in [-0.25, -0.2) is 4.39 Å². The number of carbonyl (C=O) groups excluding carboxylic acids is 2. The van der Waals surface area contributed by atoms with Gasteiger partial charge in [-0.2, -0.15) is 0 Å². The van der Waals surface area contributed by atoms with Crippen LogP contribution in [0.2, 0.25) is 0 Å². The molecule has 136 valence electrons. The van der Waals surface area contributed by atoms with E-state index in [4.69, 9.17) is 0 Å². The molecule has 27 heavy (non-hydrogen) atoms. The van der Waals surface area contributed by atoms with Crippen molar-refractivity contribution in [3.8, 4) is 0 Å². The van der Waals surface area contributed by atoms with E-state index in [-0.39, 0.29) is 11.6 Å². The van der Waals surface area contributed by atoms with Crippen LogP contribution in [0.1, 0.15) is 32.0 Å². The quantitative estimate of drug-likeness (QED) is 0.726. The minimum atomic E-state index is -0.520. The van der Waals surface area contributed by atoms with Gasteiger partial charge in [0.05, 0.1) is 0 Å². The van der Waals surface area contributed by atoms with Crippen molar-refractivity contribution in [2.45, 2.75) is 13.5 Å². The van der Waals surface area contributed by atoms with E-state index in [1.165, 1.54) is 36.5 Å². The van der Waals surface area contributed by atoms with Gasteiger partial charge in [-0.05, 0) is 42.8 Å². The first-order valence-electron chi connectivity index (χ1n) is 8.38. The fourth-order valence-corrected chi connectivity index (χ4v) is 2.45. The number of nitrogens with zero attached hydrogens (tertiary/aromatic N) is 1. The molecule has 2 amide bonds. The summed E-state index contributed by atoms with van der Waals surface area (Å²) in [6.45, 7) is 2.38. The van der Waals surface area contributed by atoms with E-state index in [1.807, 2.05) is 31.2 Å². The number of benzene rings is 2. The van der Waals surface area contributed by atoms with Crippen LogP contribution in [0.4, 0.5) is 10.1 Å². The fourth-order valence-electron chi connectivity index (χ4n) is 2.45. The normalized spacial score (nSPS) is 10.3. The number of rotatable bonds is 5. The van der Waals surface area contributed by atoms with Crippen molar-refractivity contribution in [1.29, 1.82) is 0 Å². The van der Waals surface area contributed by atoms with Crippen LogP contribution in [-0.4, -0.2) is 16.8 Å². The molecule has 1 aromatic heterocycles. The van der Waals surface area contributed by atoms with Crippen molar-refractivity contribution in [2.75, 3.05) is 5.32 Å². The van der Waals surface area contributed by atoms with Gasteiger partial charge in [-0.1, -0.05) is 35.9 Å². The van der Waals surface area contributed by atoms with Gasteiger partial charge in [0.15, 0.2) is 0 Å². The Bertz CT molecular complexity index is 971. The van der Waals surface area contributed by atoms with E-state index in [1.54, 1.807) is 6.07 Å². The van der Waals surface area contributed by atoms with Gasteiger partial charge in [0.1, 0.15) is 11.5 Å². The van der Waals surface area contributed by atoms with Crippen molar-refractivity contribution in [3.05, 3.63) is 95.1 Å². The molecule has 3 aromatic rings. The summed E-state index contributed by atoms with van der Waals surface area (Å²) in [4.78, 5) is 28.6. The third-order valence-electron chi connectivity index (χ3n) is 3.91. The molecule has 0 saturated carbocycles. The van der Waals surface area contributed by atoms with Crippen LogP contribution in [0.5, 0.6) is 0 Å². The molecule has 0 fully saturated rings. The van der Waals surface area contributed by atoms with Gasteiger partial charge < -0.3 is 10.6 Å². The molecule has 0 aliphatic rings. The number of nitrogens with one attached hydrogen (secondary N) is 2. The second-order valence-electron chi connectivity index (χ2n) is 6.06. The summed E-state index contributed by atoms with van der Waals surface area (Å²) in [5.74, 6) is -1.28. The monoisotopic (exact) mass is 363 g/mol. The molecule has 0 saturated heterocycles. The lowest BCUT2D eigenvalue weighted by molar-refractivity contribution is 0.0951. The molecule has 2 N–H and O–H groups in total. The summed E-state index contributed by atoms with van der Waals surface area (Å²) in [5, 5.41) is 5.37. The second kappa shape index (κ2) is 8.23. The van der Waals surface area contributed by atoms with Crippen molar-refractivity contribution in [3.63, 3.8) is 0 Å². The van der Waals surface area contributed by atoms with Gasteiger partial charge in [0.25, 0.3) is 11.8 Å². The number of carbonyl (C=O) groups is 2. The van der Waals surface area contributed by atoms with E-state index in [2.05, 4.69) is 15.6 Å². The van der Waals surface area contributed by atoms with Crippen molar-refractivity contribution in [1.82, 2.24) is 10.3 Å². The summed E-state index contributed by atoms with van der Waals surface area (Å²) in [7, 11) is 0. The van der Waals surface area contributed by atoms with E-state index in [0.29, 0.717) is 17.8 Å². The Balaban J connectivity index is 1.66. The SMILES string of the molecule is Cc1ccc(CNC(=O)c2ccnc(C(=O)Nc3cccc(F)c3)c2)cc1. The molecule has 3 rings (SSSR count). The van der Waals surface area contributed by atoms with E-state index >= 15 is 0 Å². The highest BCUT2D eigenvalue weighted by Crippen LogP contribution is 2.11. The first-order valence-corrected chi connectivity index (χ1v) is 8.38. The lowest BCUT2D eigenvalue weighted by Crippen LogP contribution is -2.23. The lowest BCUT2D eigenvalue weighted by Gasteiger charge is -2.08. The minimum absolute atomic E-state index is 0.0715. The van der Waals surface area contributed by atoms with Crippen LogP contribution in [0.25, 0.3) is 0 Å². The Labute approximate surface area is 156 Å². The number of hydrogen-bond acceptors (Lipinski definition) is 3. The maximum absolute atomic E-state index is 13.2. The molecular weight excluding hydrogens is 345 g/mol. The number of aromatic nitrogens is 1. The first-order chi connectivity index (χ1) is 13.0. The maximum atomic E-state index is 13.2. The Morgan fingerprint density at radius 1 is 1.00 bits per heavy atom. The second-order valence-corrected chi connectivity index (χ2v) is 6.06. The Morgan fingerprint density at radius 2 is 1.78 bits per heavy atom. The molecule has 0 aliphatic carbocycles. The summed E-state index contributed by atoms with van der Waals surface area (Å²) in [5.41, 5.74) is 2.83. The highest BCUT2D eigenvalue weighted by Gasteiger charge is 2.12. The number of pyridine rings is 1. The van der Waals surface area contributed by atoms with Crippen LogP contribution in [0.15, 0.2) is 66.9 Å². The van der Waals surface area contributed by atoms with Crippen molar-refractivity contribution >= 4 is 17.5 Å². The van der Waals surface area contributed by atoms with Crippen molar-refractivity contribution < 1.29 is 14.0 Å². The van der Waals surface area contributed by atoms with E-state index in [0.717, 1.165) is 11.1 Å². The lowest BCUT2D eigenvalue weighted by atomic mass is 10.1. The number of anilines is 1. The molecule has 0 aliphatic heterocycles. The van der Waals surface area contributed by atoms with Crippen LogP contribution < -0.4 is 10.6 Å². The summed E-state index contributed by atoms with van der Waals surface area (Å²) in [6.07, 6.45) is 1.39. The summed E-state index contributed by atoms with van der Waals surface area (Å²) in [6, 6.07) is 16.3. The number of amides is 2. The van der Waals surface area contributed by atoms with Gasteiger partial charge >= 0.3 is 0 Å². The topological polar surface area (TPSA) is 71.1 Å². The molecule has 0 unspecified atom stereocenters. The van der Waals surface area contributed by atoms with Gasteiger partial charge in [-0.15, -0.1) is 0 Å². The smallest absolute Gasteiger partial charge is 0.274 e. The largest absolute Gasteiger partial charge is 0.348 e. The zero-order valence-corrected chi connectivity index (χ0v) is 14.7. The van der Waals surface area contributed by atoms with Gasteiger partial charge in [-0.3, -0.25) is 14.6 Å². The molecule has 0 bridgehead atoms. The predicted molar refractivity (Wildman–Crippen MR) is 101 cm³/mol. The van der Waals surface area contributed by atoms with Crippen molar-refractivity contribution in [2.24, 2.45) is 0 Å². The van der Waals surface area contributed by atoms with Crippen LogP contribution in [0.3, 0.4) is 0 Å². The van der Waals surface area contributed by atoms with Crippen LogP contribution in [0, 0.1) is 12.7 Å². The Kier molecular flexibility index (Phi) is 5.56. The summed E-state index contributed by atoms with van der Waals surface area (Å²) >= 11 is 0. The fraction of sp³-hybridized carbons (Fsp3) is 0.0952. The number of hydrogen-bond donors (Lipinski definition) is 2.